The molecule has 5 heteroatoms. The van der Waals surface area contributed by atoms with Crippen LogP contribution in [0.25, 0.3) is 0 Å². The van der Waals surface area contributed by atoms with Crippen LogP contribution in [0, 0.1) is 0 Å². The molecule has 0 aromatic carbocycles. The second kappa shape index (κ2) is 5.93. The van der Waals surface area contributed by atoms with Gasteiger partial charge in [-0.3, -0.25) is 4.98 Å². The van der Waals surface area contributed by atoms with Crippen LogP contribution in [0.15, 0.2) is 24.5 Å². The zero-order valence-corrected chi connectivity index (χ0v) is 7.86. The molecule has 1 rings (SSSR count). The standard InChI is InChI=1S/C9H14N4O/c10-3-5-12-9(14)13-7-8-2-1-4-11-6-8/h1-2,4,6H,3,5,7,10H2,(H2,12,13,14). The summed E-state index contributed by atoms with van der Waals surface area (Å²) in [5.41, 5.74) is 6.20. The summed E-state index contributed by atoms with van der Waals surface area (Å²) in [5, 5.41) is 5.30. The summed E-state index contributed by atoms with van der Waals surface area (Å²) in [6.45, 7) is 1.41. The maximum absolute atomic E-state index is 11.1. The summed E-state index contributed by atoms with van der Waals surface area (Å²) in [4.78, 5) is 15.0. The molecule has 1 aromatic rings. The molecular weight excluding hydrogens is 180 g/mol. The van der Waals surface area contributed by atoms with Crippen molar-refractivity contribution in [3.63, 3.8) is 0 Å². The van der Waals surface area contributed by atoms with E-state index in [0.717, 1.165) is 5.56 Å². The summed E-state index contributed by atoms with van der Waals surface area (Å²) >= 11 is 0. The first-order valence-corrected chi connectivity index (χ1v) is 4.43. The van der Waals surface area contributed by atoms with Crippen molar-refractivity contribution in [2.45, 2.75) is 6.54 Å². The molecule has 0 saturated carbocycles. The smallest absolute Gasteiger partial charge is 0.315 e. The van der Waals surface area contributed by atoms with E-state index in [1.165, 1.54) is 0 Å². The average Bonchev–Trinajstić information content (AvgIpc) is 2.25. The molecule has 0 unspecified atom stereocenters. The second-order valence-electron chi connectivity index (χ2n) is 2.76. The average molecular weight is 194 g/mol. The summed E-state index contributed by atoms with van der Waals surface area (Å²) in [6, 6.07) is 3.52. The van der Waals surface area contributed by atoms with Crippen molar-refractivity contribution in [1.82, 2.24) is 15.6 Å². The maximum atomic E-state index is 11.1. The molecule has 4 N–H and O–H groups in total. The topological polar surface area (TPSA) is 80.0 Å². The first kappa shape index (κ1) is 10.5. The van der Waals surface area contributed by atoms with Crippen molar-refractivity contribution in [1.29, 1.82) is 0 Å². The Morgan fingerprint density at radius 3 is 3.00 bits per heavy atom. The summed E-state index contributed by atoms with van der Waals surface area (Å²) in [5.74, 6) is 0. The van der Waals surface area contributed by atoms with Gasteiger partial charge in [-0.1, -0.05) is 6.07 Å². The highest BCUT2D eigenvalue weighted by Gasteiger charge is 1.97. The molecule has 0 aliphatic heterocycles. The third-order valence-corrected chi connectivity index (χ3v) is 1.61. The van der Waals surface area contributed by atoms with E-state index >= 15 is 0 Å². The van der Waals surface area contributed by atoms with Crippen LogP contribution in [0.1, 0.15) is 5.56 Å². The van der Waals surface area contributed by atoms with E-state index in [2.05, 4.69) is 15.6 Å². The van der Waals surface area contributed by atoms with E-state index in [-0.39, 0.29) is 6.03 Å². The number of hydrogen-bond donors (Lipinski definition) is 3. The van der Waals surface area contributed by atoms with Crippen LogP contribution in [0.3, 0.4) is 0 Å². The molecule has 1 heterocycles. The third kappa shape index (κ3) is 3.86. The van der Waals surface area contributed by atoms with E-state index in [1.54, 1.807) is 12.4 Å². The molecule has 0 spiro atoms. The predicted molar refractivity (Wildman–Crippen MR) is 53.5 cm³/mol. The number of nitrogens with zero attached hydrogens (tertiary/aromatic N) is 1. The number of carbonyl (C=O) groups excluding carboxylic acids is 1. The van der Waals surface area contributed by atoms with Gasteiger partial charge in [0.1, 0.15) is 0 Å². The highest BCUT2D eigenvalue weighted by Crippen LogP contribution is 1.93. The van der Waals surface area contributed by atoms with Crippen LogP contribution < -0.4 is 16.4 Å². The summed E-state index contributed by atoms with van der Waals surface area (Å²) in [7, 11) is 0. The second-order valence-corrected chi connectivity index (χ2v) is 2.76. The van der Waals surface area contributed by atoms with Gasteiger partial charge in [-0.15, -0.1) is 0 Å². The van der Waals surface area contributed by atoms with Gasteiger partial charge in [0.05, 0.1) is 0 Å². The minimum atomic E-state index is -0.209. The van der Waals surface area contributed by atoms with Crippen LogP contribution in [-0.2, 0) is 6.54 Å². The summed E-state index contributed by atoms with van der Waals surface area (Å²) < 4.78 is 0. The monoisotopic (exact) mass is 194 g/mol. The van der Waals surface area contributed by atoms with Crippen LogP contribution >= 0.6 is 0 Å². The number of nitrogens with one attached hydrogen (secondary N) is 2. The first-order valence-electron chi connectivity index (χ1n) is 4.43. The Labute approximate surface area is 82.7 Å². The van der Waals surface area contributed by atoms with Gasteiger partial charge in [-0.25, -0.2) is 4.79 Å². The van der Waals surface area contributed by atoms with Crippen molar-refractivity contribution in [2.75, 3.05) is 13.1 Å². The number of hydrogen-bond acceptors (Lipinski definition) is 3. The van der Waals surface area contributed by atoms with E-state index in [0.29, 0.717) is 19.6 Å². The molecular formula is C9H14N4O. The van der Waals surface area contributed by atoms with Gasteiger partial charge >= 0.3 is 6.03 Å². The molecule has 0 aliphatic carbocycles. The highest BCUT2D eigenvalue weighted by molar-refractivity contribution is 5.73. The Bertz CT molecular complexity index is 275. The molecule has 0 saturated heterocycles. The van der Waals surface area contributed by atoms with Crippen LogP contribution in [-0.4, -0.2) is 24.1 Å². The van der Waals surface area contributed by atoms with Crippen molar-refractivity contribution >= 4 is 6.03 Å². The van der Waals surface area contributed by atoms with Gasteiger partial charge in [0.2, 0.25) is 0 Å². The number of nitrogens with two attached hydrogens (primary N) is 1. The number of carbonyl (C=O) groups is 1. The normalized spacial score (nSPS) is 9.50. The van der Waals surface area contributed by atoms with Crippen molar-refractivity contribution in [3.05, 3.63) is 30.1 Å². The third-order valence-electron chi connectivity index (χ3n) is 1.61. The van der Waals surface area contributed by atoms with Gasteiger partial charge in [0.25, 0.3) is 0 Å². The Hall–Kier alpha value is -1.62. The number of urea groups is 1. The van der Waals surface area contributed by atoms with E-state index in [1.807, 2.05) is 12.1 Å². The number of aromatic nitrogens is 1. The number of amides is 2. The minimum Gasteiger partial charge on any atom is -0.337 e. The fourth-order valence-corrected chi connectivity index (χ4v) is 0.933. The van der Waals surface area contributed by atoms with Crippen LogP contribution in [0.5, 0.6) is 0 Å². The van der Waals surface area contributed by atoms with E-state index in [4.69, 9.17) is 5.73 Å². The highest BCUT2D eigenvalue weighted by atomic mass is 16.2. The molecule has 0 atom stereocenters. The van der Waals surface area contributed by atoms with Crippen LogP contribution in [0.4, 0.5) is 4.79 Å². The lowest BCUT2D eigenvalue weighted by Crippen LogP contribution is -2.37. The SMILES string of the molecule is NCCNC(=O)NCc1cccnc1. The molecule has 0 fully saturated rings. The molecule has 0 aliphatic rings. The lowest BCUT2D eigenvalue weighted by Gasteiger charge is -2.05. The molecule has 14 heavy (non-hydrogen) atoms. The van der Waals surface area contributed by atoms with Crippen molar-refractivity contribution in [2.24, 2.45) is 5.73 Å². The zero-order chi connectivity index (χ0) is 10.2. The van der Waals surface area contributed by atoms with Gasteiger partial charge in [-0.2, -0.15) is 0 Å². The van der Waals surface area contributed by atoms with Crippen LogP contribution in [0.2, 0.25) is 0 Å². The van der Waals surface area contributed by atoms with Gasteiger partial charge in [0.15, 0.2) is 0 Å². The molecule has 0 radical (unpaired) electrons. The van der Waals surface area contributed by atoms with E-state index in [9.17, 15) is 4.79 Å². The molecule has 2 amide bonds. The lowest BCUT2D eigenvalue weighted by atomic mass is 10.3. The molecule has 76 valence electrons. The Morgan fingerprint density at radius 1 is 1.50 bits per heavy atom. The number of rotatable bonds is 4. The molecule has 0 bridgehead atoms. The quantitative estimate of drug-likeness (QED) is 0.623. The maximum Gasteiger partial charge on any atom is 0.315 e. The fraction of sp³-hybridized carbons (Fsp3) is 0.333. The molecule has 1 aromatic heterocycles. The number of pyridine rings is 1. The lowest BCUT2D eigenvalue weighted by molar-refractivity contribution is 0.241. The Morgan fingerprint density at radius 2 is 2.36 bits per heavy atom. The minimum absolute atomic E-state index is 0.209. The van der Waals surface area contributed by atoms with E-state index < -0.39 is 0 Å². The van der Waals surface area contributed by atoms with Gasteiger partial charge in [-0.05, 0) is 11.6 Å². The van der Waals surface area contributed by atoms with Crippen molar-refractivity contribution < 1.29 is 4.79 Å². The Kier molecular flexibility index (Phi) is 4.43. The first-order chi connectivity index (χ1) is 6.83. The van der Waals surface area contributed by atoms with Crippen molar-refractivity contribution in [3.8, 4) is 0 Å². The summed E-state index contributed by atoms with van der Waals surface area (Å²) in [6.07, 6.45) is 3.40. The van der Waals surface area contributed by atoms with Gasteiger partial charge < -0.3 is 16.4 Å². The zero-order valence-electron chi connectivity index (χ0n) is 7.86. The van der Waals surface area contributed by atoms with Gasteiger partial charge in [0, 0.05) is 32.0 Å². The molecule has 5 nitrogen and oxygen atoms in total. The fourth-order valence-electron chi connectivity index (χ4n) is 0.933. The predicted octanol–water partition coefficient (Wildman–Crippen LogP) is -0.160. The Balaban J connectivity index is 2.24. The largest absolute Gasteiger partial charge is 0.337 e.